The molecule has 2 aliphatic heterocycles. The van der Waals surface area contributed by atoms with Gasteiger partial charge in [-0.15, -0.1) is 0 Å². The van der Waals surface area contributed by atoms with Crippen LogP contribution in [0, 0.1) is 23.7 Å². The van der Waals surface area contributed by atoms with Crippen molar-refractivity contribution in [2.75, 3.05) is 17.4 Å². The van der Waals surface area contributed by atoms with Gasteiger partial charge in [-0.05, 0) is 85.0 Å². The van der Waals surface area contributed by atoms with Gasteiger partial charge in [0.2, 0.25) is 11.8 Å². The number of anilines is 2. The van der Waals surface area contributed by atoms with Gasteiger partial charge in [-0.1, -0.05) is 62.9 Å². The van der Waals surface area contributed by atoms with Gasteiger partial charge in [-0.2, -0.15) is 18.2 Å². The Kier molecular flexibility index (Phi) is 9.01. The van der Waals surface area contributed by atoms with Crippen LogP contribution in [0.15, 0.2) is 95.1 Å². The van der Waals surface area contributed by atoms with Crippen LogP contribution in [0.1, 0.15) is 35.4 Å². The summed E-state index contributed by atoms with van der Waals surface area (Å²) in [6.07, 6.45) is -2.37. The third-order valence-corrected chi connectivity index (χ3v) is 12.3. The third-order valence-electron chi connectivity index (χ3n) is 11.2. The number of hydrogen-bond donors (Lipinski definition) is 2. The van der Waals surface area contributed by atoms with E-state index in [9.17, 15) is 32.7 Å². The summed E-state index contributed by atoms with van der Waals surface area (Å²) < 4.78 is 46.7. The molecule has 8 rings (SSSR count). The number of imide groups is 2. The van der Waals surface area contributed by atoms with E-state index in [-0.39, 0.29) is 30.0 Å². The number of phenolic OH excluding ortho intramolecular Hbond substituents is 1. The van der Waals surface area contributed by atoms with Crippen molar-refractivity contribution in [3.8, 4) is 11.5 Å². The summed E-state index contributed by atoms with van der Waals surface area (Å²) in [5.41, 5.74) is 1.12. The van der Waals surface area contributed by atoms with Crippen molar-refractivity contribution in [3.63, 3.8) is 0 Å². The average molecular weight is 856 g/mol. The summed E-state index contributed by atoms with van der Waals surface area (Å²) >= 11 is 16.0. The number of phenols is 1. The first-order chi connectivity index (χ1) is 26.2. The molecule has 2 aliphatic carbocycles. The van der Waals surface area contributed by atoms with Crippen molar-refractivity contribution in [2.45, 2.75) is 30.4 Å². The molecule has 2 N–H and O–H groups in total. The summed E-state index contributed by atoms with van der Waals surface area (Å²) in [4.78, 5) is 63.6. The maximum Gasteiger partial charge on any atom is 0.417 e. The molecule has 3 fully saturated rings. The molecule has 0 bridgehead atoms. The second kappa shape index (κ2) is 13.4. The fourth-order valence-electron chi connectivity index (χ4n) is 8.86. The molecule has 3 aromatic carbocycles. The van der Waals surface area contributed by atoms with Crippen molar-refractivity contribution in [1.82, 2.24) is 9.99 Å². The topological polar surface area (TPSA) is 129 Å². The summed E-state index contributed by atoms with van der Waals surface area (Å²) in [6.45, 7) is 0. The van der Waals surface area contributed by atoms with Gasteiger partial charge in [0.05, 0.1) is 46.6 Å². The zero-order valence-electron chi connectivity index (χ0n) is 28.5. The molecule has 55 heavy (non-hydrogen) atoms. The highest BCUT2D eigenvalue weighted by atomic mass is 79.9. The highest BCUT2D eigenvalue weighted by Crippen LogP contribution is 2.65. The minimum atomic E-state index is -4.76. The number of methoxy groups -OCH3 is 1. The number of nitrogens with zero attached hydrogens (tertiary/aromatic N) is 3. The Balaban J connectivity index is 1.32. The number of fused-ring (bicyclic) bond motifs is 4. The number of nitrogens with one attached hydrogen (secondary N) is 1. The van der Waals surface area contributed by atoms with Crippen LogP contribution in [0.2, 0.25) is 10.0 Å². The molecule has 6 atom stereocenters. The molecular formula is C39H28BrCl2F3N4O6. The van der Waals surface area contributed by atoms with Gasteiger partial charge in [-0.25, -0.2) is 4.98 Å². The number of allylic oxidation sites excluding steroid dienone is 2. The summed E-state index contributed by atoms with van der Waals surface area (Å²) in [5.74, 6) is -7.60. The Morgan fingerprint density at radius 3 is 2.31 bits per heavy atom. The number of hydrogen-bond acceptors (Lipinski definition) is 8. The molecule has 3 heterocycles. The van der Waals surface area contributed by atoms with Crippen molar-refractivity contribution in [3.05, 3.63) is 122 Å². The zero-order valence-corrected chi connectivity index (χ0v) is 31.6. The molecule has 0 radical (unpaired) electrons. The number of pyridine rings is 1. The molecule has 2 saturated heterocycles. The Morgan fingerprint density at radius 1 is 0.945 bits per heavy atom. The normalized spacial score (nSPS) is 26.1. The number of carbonyl (C=O) groups excluding carboxylic acids is 4. The van der Waals surface area contributed by atoms with Gasteiger partial charge in [0, 0.05) is 27.2 Å². The fourth-order valence-corrected chi connectivity index (χ4v) is 9.46. The smallest absolute Gasteiger partial charge is 0.417 e. The van der Waals surface area contributed by atoms with Crippen molar-refractivity contribution in [1.29, 1.82) is 0 Å². The van der Waals surface area contributed by atoms with E-state index in [1.165, 1.54) is 19.2 Å². The number of carbonyl (C=O) groups is 4. The van der Waals surface area contributed by atoms with Gasteiger partial charge >= 0.3 is 6.18 Å². The molecule has 282 valence electrons. The molecule has 4 aliphatic rings. The first-order valence-electron chi connectivity index (χ1n) is 17.0. The Hall–Kier alpha value is -4.92. The van der Waals surface area contributed by atoms with E-state index in [4.69, 9.17) is 27.9 Å². The van der Waals surface area contributed by atoms with Gasteiger partial charge in [0.15, 0.2) is 5.82 Å². The average Bonchev–Trinajstić information content (AvgIpc) is 3.53. The SMILES string of the molecule is COc1ccc(O)c(C2C3=CCC4C(=O)N(c5ccc(Br)cc5)C(=O)C4C3CC3C(=O)N(Nc4ncc(C(F)(F)F)cc4Cl)C(=O)C32c2ccc(Cl)cc2)c1. The maximum absolute atomic E-state index is 15.3. The lowest BCUT2D eigenvalue weighted by atomic mass is 9.49. The Labute approximate surface area is 330 Å². The van der Waals surface area contributed by atoms with Crippen molar-refractivity contribution < 1.29 is 42.2 Å². The van der Waals surface area contributed by atoms with Crippen LogP contribution >= 0.6 is 39.1 Å². The number of hydrazine groups is 1. The molecule has 1 saturated carbocycles. The standard InChI is InChI=1S/C39H28BrCl2F3N4O6/c1-55-23-10-13-30(50)27(15-23)32-24-11-12-25-31(36(53)48(34(25)51)22-8-4-20(40)5-9-22)26(24)16-28-35(52)49(37(54)38(28,32)18-2-6-21(41)7-3-18)47-33-29(42)14-19(17-46-33)39(43,44)45/h2-11,13-15,17,25-26,28,31-32,50H,12,16H2,1H3,(H,46,47). The first-order valence-corrected chi connectivity index (χ1v) is 18.6. The van der Waals surface area contributed by atoms with E-state index in [0.717, 1.165) is 9.37 Å². The molecule has 1 aromatic heterocycles. The van der Waals surface area contributed by atoms with E-state index < -0.39 is 75.4 Å². The summed E-state index contributed by atoms with van der Waals surface area (Å²) in [5, 5.41) is 12.1. The molecule has 4 aromatic rings. The van der Waals surface area contributed by atoms with E-state index in [1.807, 2.05) is 6.08 Å². The molecule has 10 nitrogen and oxygen atoms in total. The van der Waals surface area contributed by atoms with Crippen LogP contribution in [-0.4, -0.2) is 45.8 Å². The number of benzene rings is 3. The quantitative estimate of drug-likeness (QED) is 0.147. The molecule has 6 unspecified atom stereocenters. The third kappa shape index (κ3) is 5.71. The minimum absolute atomic E-state index is 0.0824. The fraction of sp³-hybridized carbons (Fsp3) is 0.256. The lowest BCUT2D eigenvalue weighted by Gasteiger charge is -2.50. The number of aromatic nitrogens is 1. The number of halogens is 6. The van der Waals surface area contributed by atoms with E-state index >= 15 is 4.79 Å². The number of alkyl halides is 3. The van der Waals surface area contributed by atoms with Crippen LogP contribution in [-0.2, 0) is 30.8 Å². The van der Waals surface area contributed by atoms with Crippen LogP contribution in [0.3, 0.4) is 0 Å². The second-order valence-corrected chi connectivity index (χ2v) is 15.6. The Morgan fingerprint density at radius 2 is 1.65 bits per heavy atom. The van der Waals surface area contributed by atoms with Crippen molar-refractivity contribution >= 4 is 74.3 Å². The van der Waals surface area contributed by atoms with Crippen LogP contribution in [0.4, 0.5) is 24.7 Å². The molecule has 0 spiro atoms. The Bertz CT molecular complexity index is 2330. The largest absolute Gasteiger partial charge is 0.508 e. The van der Waals surface area contributed by atoms with Crippen molar-refractivity contribution in [2.24, 2.45) is 23.7 Å². The maximum atomic E-state index is 15.3. The zero-order chi connectivity index (χ0) is 39.1. The van der Waals surface area contributed by atoms with Gasteiger partial charge < -0.3 is 9.84 Å². The highest BCUT2D eigenvalue weighted by Gasteiger charge is 2.70. The van der Waals surface area contributed by atoms with Crippen LogP contribution in [0.5, 0.6) is 11.5 Å². The van der Waals surface area contributed by atoms with Gasteiger partial charge in [-0.3, -0.25) is 29.5 Å². The van der Waals surface area contributed by atoms with Crippen LogP contribution < -0.4 is 15.1 Å². The predicted octanol–water partition coefficient (Wildman–Crippen LogP) is 8.07. The van der Waals surface area contributed by atoms with Gasteiger partial charge in [0.25, 0.3) is 11.8 Å². The predicted molar refractivity (Wildman–Crippen MR) is 198 cm³/mol. The molecule has 16 heteroatoms. The first kappa shape index (κ1) is 37.0. The lowest BCUT2D eigenvalue weighted by molar-refractivity contribution is -0.139. The number of amides is 4. The highest BCUT2D eigenvalue weighted by molar-refractivity contribution is 9.10. The number of ether oxygens (including phenoxy) is 1. The van der Waals surface area contributed by atoms with Crippen LogP contribution in [0.25, 0.3) is 0 Å². The summed E-state index contributed by atoms with van der Waals surface area (Å²) in [6, 6.07) is 18.2. The second-order valence-electron chi connectivity index (χ2n) is 13.8. The molecule has 4 amide bonds. The van der Waals surface area contributed by atoms with E-state index in [1.54, 1.807) is 54.6 Å². The number of aromatic hydroxyl groups is 1. The van der Waals surface area contributed by atoms with E-state index in [0.29, 0.717) is 44.9 Å². The monoisotopic (exact) mass is 854 g/mol. The number of rotatable bonds is 6. The van der Waals surface area contributed by atoms with E-state index in [2.05, 4.69) is 26.3 Å². The van der Waals surface area contributed by atoms with Gasteiger partial charge in [0.1, 0.15) is 11.5 Å². The lowest BCUT2D eigenvalue weighted by Crippen LogP contribution is -2.53. The minimum Gasteiger partial charge on any atom is -0.508 e. The molecular weight excluding hydrogens is 828 g/mol. The summed E-state index contributed by atoms with van der Waals surface area (Å²) in [7, 11) is 1.43.